The normalized spacial score (nSPS) is 24.4. The van der Waals surface area contributed by atoms with Crippen LogP contribution in [0.25, 0.3) is 5.78 Å². The molecule has 1 atom stereocenters. The Morgan fingerprint density at radius 3 is 3.00 bits per heavy atom. The number of aromatic nitrogens is 4. The molecule has 7 nitrogen and oxygen atoms in total. The Kier molecular flexibility index (Phi) is 3.75. The van der Waals surface area contributed by atoms with Crippen molar-refractivity contribution >= 4 is 11.7 Å². The number of amides is 1. The molecule has 1 spiro atoms. The number of ether oxygens (including phenoxy) is 1. The number of fused-ring (bicyclic) bond motifs is 1. The highest BCUT2D eigenvalue weighted by atomic mass is 16.5. The second-order valence-corrected chi connectivity index (χ2v) is 7.33. The first kappa shape index (κ1) is 15.5. The summed E-state index contributed by atoms with van der Waals surface area (Å²) < 4.78 is 7.31. The zero-order valence-corrected chi connectivity index (χ0v) is 14.2. The molecule has 4 heterocycles. The highest BCUT2D eigenvalue weighted by molar-refractivity contribution is 5.93. The molecular weight excluding hydrogens is 306 g/mol. The minimum atomic E-state index is -0.00613. The van der Waals surface area contributed by atoms with Gasteiger partial charge in [0.15, 0.2) is 0 Å². The Balaban J connectivity index is 1.65. The molecule has 1 amide bonds. The highest BCUT2D eigenvalue weighted by Gasteiger charge is 2.40. The van der Waals surface area contributed by atoms with Crippen LogP contribution in [-0.4, -0.2) is 56.7 Å². The van der Waals surface area contributed by atoms with Crippen molar-refractivity contribution in [2.24, 2.45) is 5.41 Å². The van der Waals surface area contributed by atoms with Gasteiger partial charge in [0.05, 0.1) is 12.3 Å². The molecule has 0 aliphatic carbocycles. The molecule has 2 aliphatic heterocycles. The minimum absolute atomic E-state index is 0.00613. The van der Waals surface area contributed by atoms with Crippen LogP contribution in [0.1, 0.15) is 55.2 Å². The fraction of sp³-hybridized carbons (Fsp3) is 0.647. The van der Waals surface area contributed by atoms with Gasteiger partial charge in [0.1, 0.15) is 12.0 Å². The maximum absolute atomic E-state index is 13.0. The lowest BCUT2D eigenvalue weighted by Gasteiger charge is -2.39. The van der Waals surface area contributed by atoms with E-state index in [0.717, 1.165) is 51.3 Å². The first-order valence-electron chi connectivity index (χ1n) is 8.66. The third-order valence-electron chi connectivity index (χ3n) is 5.22. The summed E-state index contributed by atoms with van der Waals surface area (Å²) in [4.78, 5) is 23.6. The summed E-state index contributed by atoms with van der Waals surface area (Å²) in [6, 6.07) is 1.86. The standard InChI is InChI=1S/C17H23N5O2/c1-12(2)14-8-13(20-16-18-11-19-22(14)16)15(23)21-6-3-4-17(9-21)5-7-24-10-17/h8,11-12H,3-7,9-10H2,1-2H3. The predicted molar refractivity (Wildman–Crippen MR) is 87.9 cm³/mol. The van der Waals surface area contributed by atoms with Crippen molar-refractivity contribution in [3.8, 4) is 0 Å². The van der Waals surface area contributed by atoms with Gasteiger partial charge in [-0.3, -0.25) is 4.79 Å². The summed E-state index contributed by atoms with van der Waals surface area (Å²) in [5, 5.41) is 4.21. The van der Waals surface area contributed by atoms with E-state index in [-0.39, 0.29) is 17.2 Å². The molecule has 2 aromatic rings. The number of likely N-dealkylation sites (tertiary alicyclic amines) is 1. The van der Waals surface area contributed by atoms with Crippen molar-refractivity contribution in [3.63, 3.8) is 0 Å². The van der Waals surface area contributed by atoms with Crippen LogP contribution >= 0.6 is 0 Å². The first-order valence-corrected chi connectivity index (χ1v) is 8.66. The molecule has 24 heavy (non-hydrogen) atoms. The molecule has 2 fully saturated rings. The topological polar surface area (TPSA) is 72.6 Å². The van der Waals surface area contributed by atoms with E-state index in [9.17, 15) is 4.79 Å². The first-order chi connectivity index (χ1) is 11.6. The largest absolute Gasteiger partial charge is 0.381 e. The molecule has 0 aromatic carbocycles. The van der Waals surface area contributed by atoms with Crippen LogP contribution in [0.5, 0.6) is 0 Å². The zero-order chi connectivity index (χ0) is 16.7. The molecule has 2 saturated heterocycles. The fourth-order valence-corrected chi connectivity index (χ4v) is 3.87. The Bertz CT molecular complexity index is 763. The third kappa shape index (κ3) is 2.56. The monoisotopic (exact) mass is 329 g/mol. The number of nitrogens with zero attached hydrogens (tertiary/aromatic N) is 5. The summed E-state index contributed by atoms with van der Waals surface area (Å²) >= 11 is 0. The molecule has 2 aromatic heterocycles. The predicted octanol–water partition coefficient (Wildman–Crippen LogP) is 1.89. The highest BCUT2D eigenvalue weighted by Crippen LogP contribution is 2.38. The van der Waals surface area contributed by atoms with Gasteiger partial charge < -0.3 is 9.64 Å². The summed E-state index contributed by atoms with van der Waals surface area (Å²) in [5.74, 6) is 0.716. The lowest BCUT2D eigenvalue weighted by molar-refractivity contribution is 0.0457. The SMILES string of the molecule is CC(C)c1cc(C(=O)N2CCCC3(CCOC3)C2)nc2ncnn12. The summed E-state index contributed by atoms with van der Waals surface area (Å²) in [5.41, 5.74) is 1.57. The molecule has 1 unspecified atom stereocenters. The van der Waals surface area contributed by atoms with E-state index >= 15 is 0 Å². The van der Waals surface area contributed by atoms with Gasteiger partial charge in [-0.15, -0.1) is 0 Å². The Labute approximate surface area is 141 Å². The van der Waals surface area contributed by atoms with Crippen LogP contribution in [0.3, 0.4) is 0 Å². The maximum atomic E-state index is 13.0. The van der Waals surface area contributed by atoms with Crippen molar-refractivity contribution in [2.75, 3.05) is 26.3 Å². The van der Waals surface area contributed by atoms with Gasteiger partial charge in [-0.25, -0.2) is 9.50 Å². The Morgan fingerprint density at radius 1 is 1.38 bits per heavy atom. The van der Waals surface area contributed by atoms with Gasteiger partial charge in [-0.1, -0.05) is 13.8 Å². The molecule has 0 bridgehead atoms. The van der Waals surface area contributed by atoms with Crippen LogP contribution in [0.4, 0.5) is 0 Å². The molecule has 2 aliphatic rings. The summed E-state index contributed by atoms with van der Waals surface area (Å²) in [6.07, 6.45) is 4.70. The van der Waals surface area contributed by atoms with Crippen LogP contribution < -0.4 is 0 Å². The van der Waals surface area contributed by atoms with Crippen molar-refractivity contribution in [2.45, 2.75) is 39.0 Å². The van der Waals surface area contributed by atoms with Crippen LogP contribution in [0, 0.1) is 5.41 Å². The number of piperidine rings is 1. The maximum Gasteiger partial charge on any atom is 0.272 e. The Hall–Kier alpha value is -2.02. The Morgan fingerprint density at radius 2 is 2.25 bits per heavy atom. The van der Waals surface area contributed by atoms with Crippen molar-refractivity contribution in [1.29, 1.82) is 0 Å². The summed E-state index contributed by atoms with van der Waals surface area (Å²) in [6.45, 7) is 7.29. The van der Waals surface area contributed by atoms with Crippen molar-refractivity contribution in [1.82, 2.24) is 24.5 Å². The van der Waals surface area contributed by atoms with Crippen LogP contribution in [-0.2, 0) is 4.74 Å². The third-order valence-corrected chi connectivity index (χ3v) is 5.22. The van der Waals surface area contributed by atoms with E-state index < -0.39 is 0 Å². The van der Waals surface area contributed by atoms with E-state index in [4.69, 9.17) is 4.74 Å². The van der Waals surface area contributed by atoms with Crippen molar-refractivity contribution in [3.05, 3.63) is 23.8 Å². The zero-order valence-electron chi connectivity index (χ0n) is 14.2. The fourth-order valence-electron chi connectivity index (χ4n) is 3.87. The number of hydrogen-bond acceptors (Lipinski definition) is 5. The lowest BCUT2D eigenvalue weighted by Crippen LogP contribution is -2.46. The molecule has 0 saturated carbocycles. The summed E-state index contributed by atoms with van der Waals surface area (Å²) in [7, 11) is 0. The number of hydrogen-bond donors (Lipinski definition) is 0. The van der Waals surface area contributed by atoms with Gasteiger partial charge in [-0.2, -0.15) is 10.1 Å². The number of carbonyl (C=O) groups is 1. The molecule has 0 N–H and O–H groups in total. The minimum Gasteiger partial charge on any atom is -0.381 e. The second-order valence-electron chi connectivity index (χ2n) is 7.33. The van der Waals surface area contributed by atoms with E-state index in [1.807, 2.05) is 11.0 Å². The molecule has 128 valence electrons. The molecular formula is C17H23N5O2. The average Bonchev–Trinajstić information content (AvgIpc) is 3.22. The van der Waals surface area contributed by atoms with E-state index in [0.29, 0.717) is 11.5 Å². The molecule has 4 rings (SSSR count). The van der Waals surface area contributed by atoms with Crippen LogP contribution in [0.15, 0.2) is 12.4 Å². The van der Waals surface area contributed by atoms with Gasteiger partial charge in [0.2, 0.25) is 0 Å². The van der Waals surface area contributed by atoms with Crippen molar-refractivity contribution < 1.29 is 9.53 Å². The quantitative estimate of drug-likeness (QED) is 0.841. The number of rotatable bonds is 2. The van der Waals surface area contributed by atoms with E-state index in [1.54, 1.807) is 4.52 Å². The smallest absolute Gasteiger partial charge is 0.272 e. The van der Waals surface area contributed by atoms with Gasteiger partial charge in [0, 0.05) is 25.1 Å². The molecule has 7 heteroatoms. The second kappa shape index (κ2) is 5.81. The number of carbonyl (C=O) groups excluding carboxylic acids is 1. The van der Waals surface area contributed by atoms with E-state index in [2.05, 4.69) is 28.9 Å². The van der Waals surface area contributed by atoms with Gasteiger partial charge in [0.25, 0.3) is 11.7 Å². The van der Waals surface area contributed by atoms with Gasteiger partial charge >= 0.3 is 0 Å². The molecule has 0 radical (unpaired) electrons. The van der Waals surface area contributed by atoms with E-state index in [1.165, 1.54) is 6.33 Å². The average molecular weight is 329 g/mol. The van der Waals surface area contributed by atoms with Crippen LogP contribution in [0.2, 0.25) is 0 Å². The van der Waals surface area contributed by atoms with Gasteiger partial charge in [-0.05, 0) is 31.2 Å². The lowest BCUT2D eigenvalue weighted by atomic mass is 9.79.